The lowest BCUT2D eigenvalue weighted by Gasteiger charge is -2.30. The highest BCUT2D eigenvalue weighted by atomic mass is 19.1. The summed E-state index contributed by atoms with van der Waals surface area (Å²) in [5.74, 6) is -0.766. The Morgan fingerprint density at radius 2 is 1.62 bits per heavy atom. The van der Waals surface area contributed by atoms with Crippen LogP contribution in [0.1, 0.15) is 64.5 Å². The van der Waals surface area contributed by atoms with Gasteiger partial charge in [0, 0.05) is 24.7 Å². The second kappa shape index (κ2) is 18.9. The minimum Gasteiger partial charge on any atom is -0.395 e. The highest BCUT2D eigenvalue weighted by molar-refractivity contribution is 5.83. The van der Waals surface area contributed by atoms with E-state index in [2.05, 4.69) is 79.4 Å². The molecule has 0 amide bonds. The van der Waals surface area contributed by atoms with Gasteiger partial charge in [0.1, 0.15) is 0 Å². The van der Waals surface area contributed by atoms with Crippen LogP contribution in [0.15, 0.2) is 60.7 Å². The molecule has 1 fully saturated rings. The van der Waals surface area contributed by atoms with Gasteiger partial charge in [-0.3, -0.25) is 15.0 Å². The molecular weight excluding hydrogens is 505 g/mol. The molecule has 1 saturated heterocycles. The molecule has 218 valence electrons. The zero-order valence-corrected chi connectivity index (χ0v) is 24.5. The fourth-order valence-corrected chi connectivity index (χ4v) is 4.64. The van der Waals surface area contributed by atoms with E-state index in [0.717, 1.165) is 31.5 Å². The molecule has 0 bridgehead atoms. The molecule has 6 nitrogen and oxygen atoms in total. The molecule has 0 aromatic heterocycles. The number of piperidine rings is 1. The molecule has 1 atom stereocenters. The number of nitrogens with one attached hydrogen (secondary N) is 1. The summed E-state index contributed by atoms with van der Waals surface area (Å²) < 4.78 is 13.1. The fraction of sp³-hybridized carbons (Fsp3) is 0.455. The molecule has 2 N–H and O–H groups in total. The van der Waals surface area contributed by atoms with Gasteiger partial charge in [-0.25, -0.2) is 0 Å². The number of halogens is 1. The quantitative estimate of drug-likeness (QED) is 0.168. The average molecular weight is 552 g/mol. The van der Waals surface area contributed by atoms with Crippen molar-refractivity contribution in [2.45, 2.75) is 71.9 Å². The Balaban J connectivity index is 0.000000358. The SMILES string of the molecule is C#C.CC.CCC(C)(Cc1ccc2ccccc2c1)NCCO.O=[N+]([O-])c1cc(CN2CCCCC2)ccc1F. The monoisotopic (exact) mass is 551 g/mol. The largest absolute Gasteiger partial charge is 0.395 e. The van der Waals surface area contributed by atoms with E-state index in [1.807, 2.05) is 13.8 Å². The molecule has 1 unspecified atom stereocenters. The Labute approximate surface area is 239 Å². The number of aliphatic hydroxyl groups is 1. The van der Waals surface area contributed by atoms with Gasteiger partial charge in [-0.15, -0.1) is 12.8 Å². The zero-order valence-electron chi connectivity index (χ0n) is 24.5. The van der Waals surface area contributed by atoms with Gasteiger partial charge in [0.15, 0.2) is 0 Å². The van der Waals surface area contributed by atoms with Crippen LogP contribution in [0, 0.1) is 28.8 Å². The van der Waals surface area contributed by atoms with Crippen molar-refractivity contribution in [1.29, 1.82) is 0 Å². The summed E-state index contributed by atoms with van der Waals surface area (Å²) in [7, 11) is 0. The van der Waals surface area contributed by atoms with Crippen LogP contribution in [-0.2, 0) is 13.0 Å². The highest BCUT2D eigenvalue weighted by Crippen LogP contribution is 2.22. The molecule has 7 heteroatoms. The third-order valence-corrected chi connectivity index (χ3v) is 6.91. The number of β-amino-alcohol motifs (C(OH)–C–C–N with tert-alkyl or cyclic N) is 1. The number of hydrogen-bond donors (Lipinski definition) is 2. The summed E-state index contributed by atoms with van der Waals surface area (Å²) in [5, 5.41) is 25.6. The van der Waals surface area contributed by atoms with Crippen LogP contribution in [-0.4, -0.2) is 46.7 Å². The number of aliphatic hydroxyl groups excluding tert-OH is 1. The van der Waals surface area contributed by atoms with Crippen molar-refractivity contribution in [3.8, 4) is 12.8 Å². The predicted molar refractivity (Wildman–Crippen MR) is 165 cm³/mol. The summed E-state index contributed by atoms with van der Waals surface area (Å²) in [6.07, 6.45) is 13.6. The van der Waals surface area contributed by atoms with Gasteiger partial charge in [-0.05, 0) is 73.7 Å². The van der Waals surface area contributed by atoms with Gasteiger partial charge in [0.05, 0.1) is 11.5 Å². The predicted octanol–water partition coefficient (Wildman–Crippen LogP) is 7.13. The minimum absolute atomic E-state index is 0.0468. The van der Waals surface area contributed by atoms with Crippen LogP contribution >= 0.6 is 0 Å². The molecule has 0 aliphatic carbocycles. The lowest BCUT2D eigenvalue weighted by Crippen LogP contribution is -2.45. The molecule has 40 heavy (non-hydrogen) atoms. The van der Waals surface area contributed by atoms with E-state index >= 15 is 0 Å². The third kappa shape index (κ3) is 11.4. The lowest BCUT2D eigenvalue weighted by atomic mass is 9.89. The fourth-order valence-electron chi connectivity index (χ4n) is 4.64. The van der Waals surface area contributed by atoms with Crippen LogP contribution in [0.5, 0.6) is 0 Å². The Morgan fingerprint density at radius 1 is 1.00 bits per heavy atom. The zero-order chi connectivity index (χ0) is 30.0. The molecule has 4 rings (SSSR count). The summed E-state index contributed by atoms with van der Waals surface area (Å²) in [4.78, 5) is 12.2. The van der Waals surface area contributed by atoms with Crippen molar-refractivity contribution < 1.29 is 14.4 Å². The molecule has 1 aliphatic rings. The van der Waals surface area contributed by atoms with Crippen LogP contribution < -0.4 is 5.32 Å². The molecule has 0 radical (unpaired) electrons. The highest BCUT2D eigenvalue weighted by Gasteiger charge is 2.21. The standard InChI is InChI=1S/C17H23NO.C12H15FN2O2.C2H6.C2H2/c1-3-17(2,18-10-11-19)13-14-8-9-15-6-4-5-7-16(15)12-14;13-11-5-4-10(8-12(11)15(16)17)9-14-6-2-1-3-7-14;2*1-2/h4-9,12,18-19H,3,10-11,13H2,1-2H3;4-5,8H,1-3,6-7,9H2;1-2H3;1-2H. The van der Waals surface area contributed by atoms with Gasteiger partial charge in [0.25, 0.3) is 0 Å². The Hall–Kier alpha value is -3.31. The summed E-state index contributed by atoms with van der Waals surface area (Å²) in [5.41, 5.74) is 1.76. The molecular formula is C33H46FN3O3. The van der Waals surface area contributed by atoms with Crippen molar-refractivity contribution in [3.63, 3.8) is 0 Å². The topological polar surface area (TPSA) is 78.6 Å². The van der Waals surface area contributed by atoms with Gasteiger partial charge in [-0.1, -0.05) is 75.7 Å². The number of benzene rings is 3. The maximum absolute atomic E-state index is 13.1. The summed E-state index contributed by atoms with van der Waals surface area (Å²) >= 11 is 0. The maximum Gasteiger partial charge on any atom is 0.305 e. The van der Waals surface area contributed by atoms with Crippen molar-refractivity contribution in [3.05, 3.63) is 87.7 Å². The molecule has 1 heterocycles. The third-order valence-electron chi connectivity index (χ3n) is 6.91. The molecule has 0 saturated carbocycles. The van der Waals surface area contributed by atoms with Crippen molar-refractivity contribution >= 4 is 16.5 Å². The van der Waals surface area contributed by atoms with E-state index in [-0.39, 0.29) is 12.1 Å². The number of nitro groups is 1. The van der Waals surface area contributed by atoms with Crippen molar-refractivity contribution in [2.24, 2.45) is 0 Å². The van der Waals surface area contributed by atoms with E-state index in [1.54, 1.807) is 6.07 Å². The number of terminal acetylenes is 1. The first-order chi connectivity index (χ1) is 19.3. The molecule has 1 aliphatic heterocycles. The Morgan fingerprint density at radius 3 is 2.23 bits per heavy atom. The average Bonchev–Trinajstić information content (AvgIpc) is 3.00. The number of likely N-dealkylation sites (tertiary alicyclic amines) is 1. The Kier molecular flexibility index (Phi) is 16.4. The smallest absolute Gasteiger partial charge is 0.305 e. The second-order valence-corrected chi connectivity index (χ2v) is 9.80. The lowest BCUT2D eigenvalue weighted by molar-refractivity contribution is -0.387. The summed E-state index contributed by atoms with van der Waals surface area (Å²) in [6.45, 7) is 12.0. The van der Waals surface area contributed by atoms with Crippen molar-refractivity contribution in [1.82, 2.24) is 10.2 Å². The number of nitrogens with zero attached hydrogens (tertiary/aromatic N) is 2. The first kappa shape index (κ1) is 34.7. The molecule has 3 aromatic rings. The van der Waals surface area contributed by atoms with Crippen LogP contribution in [0.3, 0.4) is 0 Å². The normalized spacial score (nSPS) is 14.3. The van der Waals surface area contributed by atoms with E-state index in [0.29, 0.717) is 13.1 Å². The van der Waals surface area contributed by atoms with Crippen LogP contribution in [0.25, 0.3) is 10.8 Å². The van der Waals surface area contributed by atoms with Crippen LogP contribution in [0.4, 0.5) is 10.1 Å². The molecule has 3 aromatic carbocycles. The van der Waals surface area contributed by atoms with Gasteiger partial charge in [-0.2, -0.15) is 4.39 Å². The number of nitro benzene ring substituents is 1. The van der Waals surface area contributed by atoms with E-state index in [1.165, 1.54) is 47.7 Å². The van der Waals surface area contributed by atoms with E-state index in [4.69, 9.17) is 5.11 Å². The maximum atomic E-state index is 13.1. The van der Waals surface area contributed by atoms with Crippen molar-refractivity contribution in [2.75, 3.05) is 26.2 Å². The number of rotatable bonds is 9. The van der Waals surface area contributed by atoms with Crippen LogP contribution in [0.2, 0.25) is 0 Å². The first-order valence-electron chi connectivity index (χ1n) is 14.2. The van der Waals surface area contributed by atoms with Gasteiger partial charge < -0.3 is 10.4 Å². The molecule has 0 spiro atoms. The Bertz CT molecular complexity index is 1180. The van der Waals surface area contributed by atoms with Gasteiger partial charge in [0.2, 0.25) is 5.82 Å². The second-order valence-electron chi connectivity index (χ2n) is 9.80. The van der Waals surface area contributed by atoms with E-state index < -0.39 is 16.4 Å². The van der Waals surface area contributed by atoms with E-state index in [9.17, 15) is 14.5 Å². The summed E-state index contributed by atoms with van der Waals surface area (Å²) in [6, 6.07) is 19.2. The minimum atomic E-state index is -0.766. The number of fused-ring (bicyclic) bond motifs is 1. The number of hydrogen-bond acceptors (Lipinski definition) is 5. The first-order valence-corrected chi connectivity index (χ1v) is 14.2. The van der Waals surface area contributed by atoms with Gasteiger partial charge >= 0.3 is 5.69 Å².